The maximum atomic E-state index is 14.9. The zero-order valence-electron chi connectivity index (χ0n) is 16.6. The molecule has 1 aromatic carbocycles. The Hall–Kier alpha value is -3.02. The van der Waals surface area contributed by atoms with Gasteiger partial charge in [-0.15, -0.1) is 10.2 Å². The average Bonchev–Trinajstić information content (AvgIpc) is 3.10. The molecule has 1 saturated heterocycles. The Bertz CT molecular complexity index is 1170. The SMILES string of the molecule is CC(NC(=O)C1(N)COC1)c1ncc(-c2cc(Cl)cc(F)c2-c2nnn(C)n2)cc1F. The number of nitrogens with one attached hydrogen (secondary N) is 1. The van der Waals surface area contributed by atoms with Crippen LogP contribution in [0, 0.1) is 11.6 Å². The molecule has 31 heavy (non-hydrogen) atoms. The molecule has 3 aromatic rings. The van der Waals surface area contributed by atoms with Crippen molar-refractivity contribution in [3.8, 4) is 22.5 Å². The van der Waals surface area contributed by atoms with Gasteiger partial charge in [-0.3, -0.25) is 9.78 Å². The number of hydrogen-bond donors (Lipinski definition) is 2. The number of nitrogens with zero attached hydrogens (tertiary/aromatic N) is 5. The smallest absolute Gasteiger partial charge is 0.245 e. The number of rotatable bonds is 5. The van der Waals surface area contributed by atoms with Crippen LogP contribution in [0.5, 0.6) is 0 Å². The summed E-state index contributed by atoms with van der Waals surface area (Å²) < 4.78 is 34.6. The zero-order valence-corrected chi connectivity index (χ0v) is 17.3. The van der Waals surface area contributed by atoms with E-state index in [0.29, 0.717) is 0 Å². The van der Waals surface area contributed by atoms with E-state index in [1.54, 1.807) is 6.92 Å². The molecular formula is C19H18ClF2N7O2. The number of ether oxygens (including phenoxy) is 1. The maximum Gasteiger partial charge on any atom is 0.245 e. The van der Waals surface area contributed by atoms with Crippen LogP contribution < -0.4 is 11.1 Å². The van der Waals surface area contributed by atoms with Gasteiger partial charge in [-0.05, 0) is 35.9 Å². The summed E-state index contributed by atoms with van der Waals surface area (Å²) >= 11 is 6.02. The first-order chi connectivity index (χ1) is 14.7. The zero-order chi connectivity index (χ0) is 22.3. The summed E-state index contributed by atoms with van der Waals surface area (Å²) in [5.41, 5.74) is 5.30. The van der Waals surface area contributed by atoms with Crippen molar-refractivity contribution in [3.05, 3.63) is 46.7 Å². The van der Waals surface area contributed by atoms with Gasteiger partial charge in [-0.1, -0.05) is 11.6 Å². The summed E-state index contributed by atoms with van der Waals surface area (Å²) in [6.45, 7) is 1.78. The fourth-order valence-electron chi connectivity index (χ4n) is 3.19. The molecule has 1 aliphatic rings. The number of aryl methyl sites for hydroxylation is 1. The normalized spacial score (nSPS) is 15.9. The lowest BCUT2D eigenvalue weighted by molar-refractivity contribution is -0.144. The molecule has 1 amide bonds. The molecule has 0 bridgehead atoms. The van der Waals surface area contributed by atoms with E-state index in [4.69, 9.17) is 22.1 Å². The molecule has 162 valence electrons. The molecule has 1 atom stereocenters. The predicted octanol–water partition coefficient (Wildman–Crippen LogP) is 1.78. The number of halogens is 3. The van der Waals surface area contributed by atoms with Gasteiger partial charge in [0.1, 0.15) is 17.2 Å². The number of aromatic nitrogens is 5. The molecule has 3 heterocycles. The Morgan fingerprint density at radius 2 is 2.06 bits per heavy atom. The molecule has 0 saturated carbocycles. The van der Waals surface area contributed by atoms with Crippen LogP contribution in [0.1, 0.15) is 18.7 Å². The fourth-order valence-corrected chi connectivity index (χ4v) is 3.39. The average molecular weight is 450 g/mol. The van der Waals surface area contributed by atoms with Crippen LogP contribution in [0.2, 0.25) is 5.02 Å². The number of nitrogens with two attached hydrogens (primary N) is 1. The number of amides is 1. The first-order valence-corrected chi connectivity index (χ1v) is 9.62. The van der Waals surface area contributed by atoms with Gasteiger partial charge in [0.05, 0.1) is 37.6 Å². The first-order valence-electron chi connectivity index (χ1n) is 9.25. The maximum absolute atomic E-state index is 14.9. The summed E-state index contributed by atoms with van der Waals surface area (Å²) in [4.78, 5) is 17.6. The van der Waals surface area contributed by atoms with Crippen molar-refractivity contribution in [2.75, 3.05) is 13.2 Å². The Balaban J connectivity index is 1.68. The van der Waals surface area contributed by atoms with Gasteiger partial charge in [0, 0.05) is 16.8 Å². The van der Waals surface area contributed by atoms with Gasteiger partial charge in [0.2, 0.25) is 11.7 Å². The van der Waals surface area contributed by atoms with E-state index < -0.39 is 29.1 Å². The second-order valence-electron chi connectivity index (χ2n) is 7.35. The van der Waals surface area contributed by atoms with E-state index in [1.165, 1.54) is 30.2 Å². The van der Waals surface area contributed by atoms with Crippen molar-refractivity contribution in [2.24, 2.45) is 12.8 Å². The molecule has 0 radical (unpaired) electrons. The van der Waals surface area contributed by atoms with Crippen molar-refractivity contribution in [3.63, 3.8) is 0 Å². The molecule has 1 aliphatic heterocycles. The second-order valence-corrected chi connectivity index (χ2v) is 7.78. The minimum atomic E-state index is -1.12. The lowest BCUT2D eigenvalue weighted by atomic mass is 9.97. The third-order valence-electron chi connectivity index (χ3n) is 4.90. The van der Waals surface area contributed by atoms with E-state index in [2.05, 4.69) is 25.7 Å². The quantitative estimate of drug-likeness (QED) is 0.609. The van der Waals surface area contributed by atoms with Gasteiger partial charge in [-0.25, -0.2) is 8.78 Å². The number of pyridine rings is 1. The largest absolute Gasteiger partial charge is 0.376 e. The summed E-state index contributed by atoms with van der Waals surface area (Å²) in [6.07, 6.45) is 1.36. The summed E-state index contributed by atoms with van der Waals surface area (Å²) in [5, 5.41) is 14.3. The Morgan fingerprint density at radius 3 is 2.65 bits per heavy atom. The minimum absolute atomic E-state index is 0.00243. The Kier molecular flexibility index (Phi) is 5.42. The van der Waals surface area contributed by atoms with Gasteiger partial charge < -0.3 is 15.8 Å². The summed E-state index contributed by atoms with van der Waals surface area (Å²) in [7, 11) is 1.54. The number of carbonyl (C=O) groups excluding carboxylic acids is 1. The molecule has 9 nitrogen and oxygen atoms in total. The van der Waals surface area contributed by atoms with E-state index in [9.17, 15) is 13.6 Å². The van der Waals surface area contributed by atoms with E-state index in [0.717, 1.165) is 6.07 Å². The molecule has 1 unspecified atom stereocenters. The van der Waals surface area contributed by atoms with Crippen LogP contribution >= 0.6 is 11.6 Å². The highest BCUT2D eigenvalue weighted by atomic mass is 35.5. The van der Waals surface area contributed by atoms with Crippen LogP contribution in [-0.2, 0) is 16.6 Å². The molecule has 12 heteroatoms. The van der Waals surface area contributed by atoms with Gasteiger partial charge in [0.25, 0.3) is 0 Å². The molecule has 4 rings (SSSR count). The van der Waals surface area contributed by atoms with Crippen LogP contribution in [0.3, 0.4) is 0 Å². The number of benzene rings is 1. The molecule has 0 spiro atoms. The van der Waals surface area contributed by atoms with Crippen LogP contribution in [0.4, 0.5) is 8.78 Å². The molecule has 3 N–H and O–H groups in total. The number of carbonyl (C=O) groups is 1. The van der Waals surface area contributed by atoms with Crippen molar-refractivity contribution in [1.29, 1.82) is 0 Å². The monoisotopic (exact) mass is 449 g/mol. The number of tetrazole rings is 1. The summed E-state index contributed by atoms with van der Waals surface area (Å²) in [6, 6.07) is 3.01. The van der Waals surface area contributed by atoms with Crippen molar-refractivity contribution in [2.45, 2.75) is 18.5 Å². The molecule has 2 aromatic heterocycles. The van der Waals surface area contributed by atoms with Crippen LogP contribution in [0.25, 0.3) is 22.5 Å². The fraction of sp³-hybridized carbons (Fsp3) is 0.316. The van der Waals surface area contributed by atoms with Crippen molar-refractivity contribution < 1.29 is 18.3 Å². The van der Waals surface area contributed by atoms with Gasteiger partial charge >= 0.3 is 0 Å². The highest BCUT2D eigenvalue weighted by Crippen LogP contribution is 2.35. The van der Waals surface area contributed by atoms with Crippen molar-refractivity contribution in [1.82, 2.24) is 30.5 Å². The Labute approximate surface area is 180 Å². The topological polar surface area (TPSA) is 121 Å². The standard InChI is InChI=1S/C19H18ClF2N7O2/c1-9(25-18(30)19(23)7-31-8-19)16-14(22)3-10(6-24-16)12-4-11(20)5-13(21)15(12)17-26-28-29(2)27-17/h3-6,9H,7-8,23H2,1-2H3,(H,25,30). The minimum Gasteiger partial charge on any atom is -0.376 e. The molecule has 0 aliphatic carbocycles. The molecule has 1 fully saturated rings. The third kappa shape index (κ3) is 3.99. The second kappa shape index (κ2) is 7.91. The van der Waals surface area contributed by atoms with E-state index >= 15 is 0 Å². The predicted molar refractivity (Wildman–Crippen MR) is 107 cm³/mol. The third-order valence-corrected chi connectivity index (χ3v) is 5.12. The Morgan fingerprint density at radius 1 is 1.32 bits per heavy atom. The highest BCUT2D eigenvalue weighted by Gasteiger charge is 2.42. The van der Waals surface area contributed by atoms with E-state index in [-0.39, 0.29) is 46.4 Å². The molecular weight excluding hydrogens is 432 g/mol. The lowest BCUT2D eigenvalue weighted by Gasteiger charge is -2.36. The van der Waals surface area contributed by atoms with Crippen molar-refractivity contribution >= 4 is 17.5 Å². The van der Waals surface area contributed by atoms with E-state index in [1.807, 2.05) is 0 Å². The number of hydrogen-bond acceptors (Lipinski definition) is 7. The lowest BCUT2D eigenvalue weighted by Crippen LogP contribution is -2.66. The summed E-state index contributed by atoms with van der Waals surface area (Å²) in [5.74, 6) is -1.81. The first kappa shape index (κ1) is 21.2. The van der Waals surface area contributed by atoms with Crippen LogP contribution in [-0.4, -0.2) is 49.9 Å². The van der Waals surface area contributed by atoms with Gasteiger partial charge in [-0.2, -0.15) is 4.80 Å². The highest BCUT2D eigenvalue weighted by molar-refractivity contribution is 6.31. The van der Waals surface area contributed by atoms with Gasteiger partial charge in [0.15, 0.2) is 0 Å². The van der Waals surface area contributed by atoms with Crippen LogP contribution in [0.15, 0.2) is 24.4 Å².